The molecule has 0 nitrogen and oxygen atoms in total. The second kappa shape index (κ2) is 12.4. The van der Waals surface area contributed by atoms with Crippen molar-refractivity contribution in [2.24, 2.45) is 0 Å². The van der Waals surface area contributed by atoms with Crippen LogP contribution < -0.4 is 37.2 Å². The Morgan fingerprint density at radius 3 is 1.25 bits per heavy atom. The third kappa shape index (κ3) is 4.71. The molecule has 0 N–H and O–H groups in total. The number of benzene rings is 4. The van der Waals surface area contributed by atoms with Crippen molar-refractivity contribution in [2.75, 3.05) is 0 Å². The Hall–Kier alpha value is -1.93. The van der Waals surface area contributed by atoms with E-state index in [2.05, 4.69) is 127 Å². The van der Waals surface area contributed by atoms with Gasteiger partial charge in [-0.15, -0.1) is 40.6 Å². The zero-order valence-corrected chi connectivity index (χ0v) is 21.1. The van der Waals surface area contributed by atoms with E-state index in [0.717, 1.165) is 0 Å². The van der Waals surface area contributed by atoms with E-state index in [1.54, 1.807) is 0 Å². The second-order valence-corrected chi connectivity index (χ2v) is 7.18. The van der Waals surface area contributed by atoms with E-state index < -0.39 is 0 Å². The normalized spacial score (nSPS) is 10.1. The Labute approximate surface area is 223 Å². The molecule has 0 aliphatic rings. The van der Waals surface area contributed by atoms with Gasteiger partial charge in [-0.3, -0.25) is 0 Å². The monoisotopic (exact) mass is 510 g/mol. The molecule has 0 bridgehead atoms. The van der Waals surface area contributed by atoms with Crippen molar-refractivity contribution in [1.82, 2.24) is 0 Å². The van der Waals surface area contributed by atoms with Gasteiger partial charge in [0.1, 0.15) is 0 Å². The Morgan fingerprint density at radius 2 is 0.812 bits per heavy atom. The van der Waals surface area contributed by atoms with Gasteiger partial charge in [-0.25, -0.2) is 0 Å². The first-order chi connectivity index (χ1) is 13.9. The quantitative estimate of drug-likeness (QED) is 0.148. The zero-order valence-electron chi connectivity index (χ0n) is 17.3. The first-order valence-electron chi connectivity index (χ1n) is 9.72. The minimum Gasteiger partial charge on any atom is -1.00 e. The number of rotatable bonds is 4. The molecule has 0 aliphatic heterocycles. The van der Waals surface area contributed by atoms with Gasteiger partial charge in [-0.2, -0.15) is 6.07 Å². The topological polar surface area (TPSA) is 0 Å². The molecule has 0 fully saturated rings. The number of hydrogen-bond donors (Lipinski definition) is 0. The smallest absolute Gasteiger partial charge is 1.00 e. The van der Waals surface area contributed by atoms with Crippen molar-refractivity contribution in [3.05, 3.63) is 150 Å². The van der Waals surface area contributed by atoms with Crippen molar-refractivity contribution in [3.63, 3.8) is 0 Å². The predicted octanol–water partition coefficient (Wildman–Crippen LogP) is -2.05. The van der Waals surface area contributed by atoms with Crippen molar-refractivity contribution in [1.29, 1.82) is 0 Å². The molecular formula is C28H21Cl3Ti. The van der Waals surface area contributed by atoms with Crippen LogP contribution in [-0.2, 0) is 27.1 Å². The van der Waals surface area contributed by atoms with Crippen LogP contribution in [0.1, 0.15) is 22.3 Å². The van der Waals surface area contributed by atoms with Crippen LogP contribution in [0.2, 0.25) is 0 Å². The molecule has 0 heterocycles. The van der Waals surface area contributed by atoms with E-state index in [4.69, 9.17) is 0 Å². The molecule has 5 aromatic rings. The molecule has 4 heteroatoms. The average molecular weight is 512 g/mol. The van der Waals surface area contributed by atoms with Gasteiger partial charge < -0.3 is 37.2 Å². The Morgan fingerprint density at radius 1 is 0.438 bits per heavy atom. The van der Waals surface area contributed by atoms with Gasteiger partial charge in [0.05, 0.1) is 0 Å². The molecule has 0 atom stereocenters. The summed E-state index contributed by atoms with van der Waals surface area (Å²) in [5.74, 6) is 0. The van der Waals surface area contributed by atoms with Crippen molar-refractivity contribution in [3.8, 4) is 0 Å². The van der Waals surface area contributed by atoms with Crippen LogP contribution in [0.4, 0.5) is 0 Å². The number of halogens is 3. The first-order valence-corrected chi connectivity index (χ1v) is 9.72. The summed E-state index contributed by atoms with van der Waals surface area (Å²) in [6.07, 6.45) is 0. The van der Waals surface area contributed by atoms with E-state index in [9.17, 15) is 0 Å². The summed E-state index contributed by atoms with van der Waals surface area (Å²) < 4.78 is 0. The summed E-state index contributed by atoms with van der Waals surface area (Å²) in [6, 6.07) is 45.9. The van der Waals surface area contributed by atoms with E-state index in [1.807, 2.05) is 0 Å². The fourth-order valence-electron chi connectivity index (χ4n) is 4.51. The van der Waals surface area contributed by atoms with Gasteiger partial charge in [-0.05, 0) is 16.7 Å². The molecule has 32 heavy (non-hydrogen) atoms. The van der Waals surface area contributed by atoms with E-state index >= 15 is 0 Å². The molecule has 0 saturated heterocycles. The number of hydrogen-bond acceptors (Lipinski definition) is 0. The largest absolute Gasteiger partial charge is 4.00 e. The van der Waals surface area contributed by atoms with E-state index in [0.29, 0.717) is 0 Å². The molecule has 0 unspecified atom stereocenters. The van der Waals surface area contributed by atoms with Crippen LogP contribution in [0.3, 0.4) is 0 Å². The third-order valence-electron chi connectivity index (χ3n) is 5.70. The Balaban J connectivity index is 0.00000128. The van der Waals surface area contributed by atoms with E-state index in [1.165, 1.54) is 33.0 Å². The molecule has 0 aromatic heterocycles. The summed E-state index contributed by atoms with van der Waals surface area (Å²) >= 11 is 0. The molecule has 0 radical (unpaired) electrons. The number of fused-ring (bicyclic) bond motifs is 1. The third-order valence-corrected chi connectivity index (χ3v) is 5.70. The SMILES string of the molecule is [Cl-].[Cl-].[Cl-].[Ti+4].c1ccc(C(c2ccccc2)(c2ccccc2)[c-]2ccc3ccccc32)cc1. The van der Waals surface area contributed by atoms with Crippen LogP contribution in [0.15, 0.2) is 127 Å². The van der Waals surface area contributed by atoms with Gasteiger partial charge in [-0.1, -0.05) is 97.1 Å². The van der Waals surface area contributed by atoms with Crippen LogP contribution >= 0.6 is 0 Å². The maximum absolute atomic E-state index is 2.30. The minimum atomic E-state index is -0.368. The maximum atomic E-state index is 2.30. The minimum absolute atomic E-state index is 0. The second-order valence-electron chi connectivity index (χ2n) is 7.18. The van der Waals surface area contributed by atoms with Crippen LogP contribution in [-0.4, -0.2) is 0 Å². The predicted molar refractivity (Wildman–Crippen MR) is 118 cm³/mol. The molecule has 0 amide bonds. The molecule has 0 spiro atoms. The Bertz CT molecular complexity index is 1110. The fourth-order valence-corrected chi connectivity index (χ4v) is 4.51. The zero-order chi connectivity index (χ0) is 18.8. The summed E-state index contributed by atoms with van der Waals surface area (Å²) in [5, 5.41) is 2.59. The van der Waals surface area contributed by atoms with Gasteiger partial charge in [0, 0.05) is 5.41 Å². The van der Waals surface area contributed by atoms with Crippen LogP contribution in [0.25, 0.3) is 10.8 Å². The Kier molecular flexibility index (Phi) is 10.8. The molecule has 158 valence electrons. The van der Waals surface area contributed by atoms with Crippen molar-refractivity contribution in [2.45, 2.75) is 5.41 Å². The molecule has 0 saturated carbocycles. The maximum Gasteiger partial charge on any atom is 4.00 e. The van der Waals surface area contributed by atoms with Gasteiger partial charge in [0.2, 0.25) is 0 Å². The molecule has 5 rings (SSSR count). The summed E-state index contributed by atoms with van der Waals surface area (Å²) in [6.45, 7) is 0. The van der Waals surface area contributed by atoms with E-state index in [-0.39, 0.29) is 64.4 Å². The van der Waals surface area contributed by atoms with Crippen LogP contribution in [0, 0.1) is 0 Å². The summed E-state index contributed by atoms with van der Waals surface area (Å²) in [5.41, 5.74) is 4.80. The fraction of sp³-hybridized carbons (Fsp3) is 0.0357. The summed E-state index contributed by atoms with van der Waals surface area (Å²) in [4.78, 5) is 0. The van der Waals surface area contributed by atoms with Gasteiger partial charge in [0.15, 0.2) is 0 Å². The first kappa shape index (κ1) is 28.1. The summed E-state index contributed by atoms with van der Waals surface area (Å²) in [7, 11) is 0. The average Bonchev–Trinajstić information content (AvgIpc) is 3.21. The standard InChI is InChI=1S/C28H21.3ClH.Ti/c1-4-13-23(14-5-1)28(24-15-6-2-7-16-24,25-17-8-3-9-18-25)27-21-20-22-12-10-11-19-26(22)27;;;;/h1-21H;3*1H;/q-1;;;;+4/p-3. The molecular weight excluding hydrogens is 491 g/mol. The van der Waals surface area contributed by atoms with Gasteiger partial charge in [0.25, 0.3) is 0 Å². The van der Waals surface area contributed by atoms with Gasteiger partial charge >= 0.3 is 21.7 Å². The van der Waals surface area contributed by atoms with Crippen molar-refractivity contribution < 1.29 is 58.9 Å². The molecule has 5 aromatic carbocycles. The van der Waals surface area contributed by atoms with Crippen LogP contribution in [0.5, 0.6) is 0 Å². The van der Waals surface area contributed by atoms with Crippen molar-refractivity contribution >= 4 is 10.8 Å². The molecule has 0 aliphatic carbocycles.